The first-order chi connectivity index (χ1) is 5.65. The predicted molar refractivity (Wildman–Crippen MR) is 44.4 cm³/mol. The summed E-state index contributed by atoms with van der Waals surface area (Å²) >= 11 is 0. The lowest BCUT2D eigenvalue weighted by atomic mass is 10.2. The average molecular weight is 167 g/mol. The summed E-state index contributed by atoms with van der Waals surface area (Å²) in [7, 11) is 1.28. The highest BCUT2D eigenvalue weighted by molar-refractivity contribution is 5.95. The van der Waals surface area contributed by atoms with E-state index in [0.717, 1.165) is 0 Å². The van der Waals surface area contributed by atoms with Crippen LogP contribution in [-0.2, 0) is 4.74 Å². The number of aromatic nitrogens is 1. The van der Waals surface area contributed by atoms with Crippen molar-refractivity contribution < 1.29 is 9.53 Å². The van der Waals surface area contributed by atoms with Gasteiger partial charge in [0.25, 0.3) is 0 Å². The van der Waals surface area contributed by atoms with Gasteiger partial charge < -0.3 is 16.2 Å². The van der Waals surface area contributed by atoms with Crippen LogP contribution < -0.4 is 11.5 Å². The topological polar surface area (TPSA) is 91.2 Å². The minimum atomic E-state index is -0.512. The van der Waals surface area contributed by atoms with Crippen LogP contribution in [0.4, 0.5) is 11.5 Å². The van der Waals surface area contributed by atoms with E-state index >= 15 is 0 Å². The molecule has 0 aliphatic heterocycles. The molecule has 0 aromatic carbocycles. The second-order valence-corrected chi connectivity index (χ2v) is 2.19. The SMILES string of the molecule is COC(=O)c1cc(N)ncc1N. The van der Waals surface area contributed by atoms with Gasteiger partial charge in [-0.15, -0.1) is 0 Å². The number of ether oxygens (including phenoxy) is 1. The van der Waals surface area contributed by atoms with E-state index in [9.17, 15) is 4.79 Å². The maximum absolute atomic E-state index is 11.0. The highest BCUT2D eigenvalue weighted by Gasteiger charge is 2.09. The molecule has 4 N–H and O–H groups in total. The molecule has 0 radical (unpaired) electrons. The molecular formula is C7H9N3O2. The van der Waals surface area contributed by atoms with Gasteiger partial charge in [-0.25, -0.2) is 9.78 Å². The first kappa shape index (κ1) is 8.32. The number of nitrogens with zero attached hydrogens (tertiary/aromatic N) is 1. The average Bonchev–Trinajstić information content (AvgIpc) is 2.08. The van der Waals surface area contributed by atoms with Gasteiger partial charge in [-0.3, -0.25) is 0 Å². The zero-order valence-corrected chi connectivity index (χ0v) is 6.57. The van der Waals surface area contributed by atoms with E-state index in [1.165, 1.54) is 19.4 Å². The summed E-state index contributed by atoms with van der Waals surface area (Å²) in [6, 6.07) is 1.38. The largest absolute Gasteiger partial charge is 0.465 e. The minimum Gasteiger partial charge on any atom is -0.465 e. The Bertz CT molecular complexity index is 312. The number of nitrogens with two attached hydrogens (primary N) is 2. The van der Waals surface area contributed by atoms with E-state index in [4.69, 9.17) is 11.5 Å². The van der Waals surface area contributed by atoms with Crippen molar-refractivity contribution in [3.63, 3.8) is 0 Å². The van der Waals surface area contributed by atoms with E-state index in [0.29, 0.717) is 0 Å². The molecule has 0 saturated carbocycles. The molecule has 1 aromatic heterocycles. The zero-order valence-electron chi connectivity index (χ0n) is 6.57. The highest BCUT2D eigenvalue weighted by Crippen LogP contribution is 2.13. The summed E-state index contributed by atoms with van der Waals surface area (Å²) in [6.45, 7) is 0. The molecule has 1 aromatic rings. The number of methoxy groups -OCH3 is 1. The normalized spacial score (nSPS) is 9.42. The quantitative estimate of drug-likeness (QED) is 0.576. The number of anilines is 2. The van der Waals surface area contributed by atoms with Crippen molar-refractivity contribution in [3.05, 3.63) is 17.8 Å². The fraction of sp³-hybridized carbons (Fsp3) is 0.143. The first-order valence-corrected chi connectivity index (χ1v) is 3.24. The number of carbonyl (C=O) groups is 1. The molecule has 1 heterocycles. The summed E-state index contributed by atoms with van der Waals surface area (Å²) in [6.07, 6.45) is 1.32. The van der Waals surface area contributed by atoms with Crippen LogP contribution in [0.3, 0.4) is 0 Å². The molecule has 1 rings (SSSR count). The summed E-state index contributed by atoms with van der Waals surface area (Å²) in [5, 5.41) is 0. The van der Waals surface area contributed by atoms with Crippen molar-refractivity contribution in [2.45, 2.75) is 0 Å². The van der Waals surface area contributed by atoms with Gasteiger partial charge in [0.05, 0.1) is 24.6 Å². The molecule has 5 heteroatoms. The van der Waals surface area contributed by atoms with Gasteiger partial charge in [0.15, 0.2) is 0 Å². The van der Waals surface area contributed by atoms with Crippen LogP contribution in [-0.4, -0.2) is 18.1 Å². The Balaban J connectivity index is 3.13. The van der Waals surface area contributed by atoms with Crippen molar-refractivity contribution in [1.82, 2.24) is 4.98 Å². The fourth-order valence-electron chi connectivity index (χ4n) is 0.769. The predicted octanol–water partition coefficient (Wildman–Crippen LogP) is 0.0326. The van der Waals surface area contributed by atoms with Gasteiger partial charge in [-0.1, -0.05) is 0 Å². The van der Waals surface area contributed by atoms with Gasteiger partial charge in [-0.05, 0) is 6.07 Å². The van der Waals surface area contributed by atoms with Crippen molar-refractivity contribution in [2.24, 2.45) is 0 Å². The van der Waals surface area contributed by atoms with E-state index in [-0.39, 0.29) is 17.1 Å². The lowest BCUT2D eigenvalue weighted by Crippen LogP contribution is -2.07. The van der Waals surface area contributed by atoms with Gasteiger partial charge in [0.1, 0.15) is 5.82 Å². The summed E-state index contributed by atoms with van der Waals surface area (Å²) in [5.74, 6) is -0.272. The maximum Gasteiger partial charge on any atom is 0.340 e. The van der Waals surface area contributed by atoms with Crippen LogP contribution >= 0.6 is 0 Å². The molecule has 0 aliphatic rings. The van der Waals surface area contributed by atoms with Crippen LogP contribution in [0.2, 0.25) is 0 Å². The Morgan fingerprint density at radius 3 is 2.83 bits per heavy atom. The Morgan fingerprint density at radius 2 is 2.25 bits per heavy atom. The molecule has 0 bridgehead atoms. The minimum absolute atomic E-state index is 0.240. The van der Waals surface area contributed by atoms with Crippen LogP contribution in [0.25, 0.3) is 0 Å². The van der Waals surface area contributed by atoms with Crippen LogP contribution in [0, 0.1) is 0 Å². The number of rotatable bonds is 1. The first-order valence-electron chi connectivity index (χ1n) is 3.24. The van der Waals surface area contributed by atoms with Crippen LogP contribution in [0.1, 0.15) is 10.4 Å². The van der Waals surface area contributed by atoms with Crippen molar-refractivity contribution in [1.29, 1.82) is 0 Å². The third-order valence-corrected chi connectivity index (χ3v) is 1.36. The summed E-state index contributed by atoms with van der Waals surface area (Å²) < 4.78 is 4.47. The molecule has 0 spiro atoms. The summed E-state index contributed by atoms with van der Waals surface area (Å²) in [4.78, 5) is 14.7. The molecule has 0 saturated heterocycles. The standard InChI is InChI=1S/C7H9N3O2/c1-12-7(11)4-2-6(9)10-3-5(4)8/h2-3H,8H2,1H3,(H2,9,10). The molecule has 12 heavy (non-hydrogen) atoms. The second-order valence-electron chi connectivity index (χ2n) is 2.19. The van der Waals surface area contributed by atoms with Gasteiger partial charge in [0.2, 0.25) is 0 Å². The van der Waals surface area contributed by atoms with E-state index in [2.05, 4.69) is 9.72 Å². The molecule has 0 atom stereocenters. The number of hydrogen-bond donors (Lipinski definition) is 2. The van der Waals surface area contributed by atoms with Gasteiger partial charge in [-0.2, -0.15) is 0 Å². The third kappa shape index (κ3) is 1.45. The van der Waals surface area contributed by atoms with E-state index in [1.54, 1.807) is 0 Å². The smallest absolute Gasteiger partial charge is 0.340 e. The zero-order chi connectivity index (χ0) is 9.14. The number of pyridine rings is 1. The molecule has 0 amide bonds. The summed E-state index contributed by atoms with van der Waals surface area (Å²) in [5.41, 5.74) is 11.3. The van der Waals surface area contributed by atoms with E-state index in [1.807, 2.05) is 0 Å². The number of esters is 1. The number of nitrogen functional groups attached to an aromatic ring is 2. The maximum atomic E-state index is 11.0. The fourth-order valence-corrected chi connectivity index (χ4v) is 0.769. The van der Waals surface area contributed by atoms with E-state index < -0.39 is 5.97 Å². The molecule has 0 unspecified atom stereocenters. The molecule has 64 valence electrons. The Kier molecular flexibility index (Phi) is 2.14. The highest BCUT2D eigenvalue weighted by atomic mass is 16.5. The molecule has 0 fully saturated rings. The van der Waals surface area contributed by atoms with Gasteiger partial charge >= 0.3 is 5.97 Å². The Labute approximate surface area is 69.3 Å². The second kappa shape index (κ2) is 3.08. The third-order valence-electron chi connectivity index (χ3n) is 1.36. The lowest BCUT2D eigenvalue weighted by molar-refractivity contribution is 0.0602. The Hall–Kier alpha value is -1.78. The van der Waals surface area contributed by atoms with Crippen molar-refractivity contribution in [3.8, 4) is 0 Å². The van der Waals surface area contributed by atoms with Gasteiger partial charge in [0, 0.05) is 0 Å². The monoisotopic (exact) mass is 167 g/mol. The van der Waals surface area contributed by atoms with Crippen molar-refractivity contribution in [2.75, 3.05) is 18.6 Å². The van der Waals surface area contributed by atoms with Crippen LogP contribution in [0.5, 0.6) is 0 Å². The molecular weight excluding hydrogens is 158 g/mol. The molecule has 0 aliphatic carbocycles. The Morgan fingerprint density at radius 1 is 1.58 bits per heavy atom. The lowest BCUT2D eigenvalue weighted by Gasteiger charge is -2.02. The van der Waals surface area contributed by atoms with Crippen LogP contribution in [0.15, 0.2) is 12.3 Å². The molecule has 5 nitrogen and oxygen atoms in total. The number of hydrogen-bond acceptors (Lipinski definition) is 5. The van der Waals surface area contributed by atoms with Crippen molar-refractivity contribution >= 4 is 17.5 Å². The number of carbonyl (C=O) groups excluding carboxylic acids is 1.